The van der Waals surface area contributed by atoms with Crippen LogP contribution in [0, 0.1) is 13.8 Å². The van der Waals surface area contributed by atoms with Crippen LogP contribution >= 0.6 is 0 Å². The molecule has 4 aromatic rings. The van der Waals surface area contributed by atoms with Gasteiger partial charge in [-0.25, -0.2) is 14.2 Å². The van der Waals surface area contributed by atoms with Gasteiger partial charge < -0.3 is 4.74 Å². The van der Waals surface area contributed by atoms with Crippen molar-refractivity contribution in [2.45, 2.75) is 20.5 Å². The number of hydrogen-bond acceptors (Lipinski definition) is 4. The minimum atomic E-state index is -0.351. The number of carbonyl (C=O) groups is 1. The Hall–Kier alpha value is -3.67. The van der Waals surface area contributed by atoms with Gasteiger partial charge in [0, 0.05) is 18.1 Å². The van der Waals surface area contributed by atoms with Crippen LogP contribution in [-0.4, -0.2) is 25.5 Å². The summed E-state index contributed by atoms with van der Waals surface area (Å²) in [7, 11) is 0. The average molecular weight is 372 g/mol. The smallest absolute Gasteiger partial charge is 0.338 e. The minimum Gasteiger partial charge on any atom is -0.457 e. The molecule has 28 heavy (non-hydrogen) atoms. The van der Waals surface area contributed by atoms with E-state index in [2.05, 4.69) is 10.2 Å². The fourth-order valence-corrected chi connectivity index (χ4v) is 3.03. The summed E-state index contributed by atoms with van der Waals surface area (Å²) in [5, 5.41) is 8.64. The Morgan fingerprint density at radius 3 is 2.32 bits per heavy atom. The van der Waals surface area contributed by atoms with Gasteiger partial charge in [0.2, 0.25) is 0 Å². The van der Waals surface area contributed by atoms with Crippen LogP contribution in [0.2, 0.25) is 0 Å². The van der Waals surface area contributed by atoms with Crippen molar-refractivity contribution >= 4 is 5.97 Å². The Morgan fingerprint density at radius 1 is 1.00 bits per heavy atom. The van der Waals surface area contributed by atoms with Crippen molar-refractivity contribution in [1.29, 1.82) is 0 Å². The van der Waals surface area contributed by atoms with Crippen molar-refractivity contribution in [3.8, 4) is 11.4 Å². The quantitative estimate of drug-likeness (QED) is 0.496. The van der Waals surface area contributed by atoms with Gasteiger partial charge in [0.15, 0.2) is 0 Å². The van der Waals surface area contributed by atoms with Gasteiger partial charge in [-0.15, -0.1) is 0 Å². The van der Waals surface area contributed by atoms with E-state index < -0.39 is 0 Å². The number of hydrogen-bond donors (Lipinski definition) is 0. The molecule has 0 saturated carbocycles. The van der Waals surface area contributed by atoms with Crippen molar-refractivity contribution in [2.24, 2.45) is 0 Å². The van der Waals surface area contributed by atoms with Crippen LogP contribution in [-0.2, 0) is 11.3 Å². The molecule has 6 nitrogen and oxygen atoms in total. The summed E-state index contributed by atoms with van der Waals surface area (Å²) in [4.78, 5) is 12.3. The SMILES string of the molecule is Cc1cc(C)n(-c2ccc(C(=O)OCc3ccc(-n4cccn4)cc3)cc2)n1. The Morgan fingerprint density at radius 2 is 1.71 bits per heavy atom. The zero-order valence-corrected chi connectivity index (χ0v) is 15.7. The number of rotatable bonds is 5. The van der Waals surface area contributed by atoms with Crippen molar-refractivity contribution in [3.05, 3.63) is 95.6 Å². The highest BCUT2D eigenvalue weighted by molar-refractivity contribution is 5.89. The van der Waals surface area contributed by atoms with E-state index >= 15 is 0 Å². The molecule has 0 N–H and O–H groups in total. The highest BCUT2D eigenvalue weighted by atomic mass is 16.5. The van der Waals surface area contributed by atoms with Crippen LogP contribution in [0.15, 0.2) is 73.1 Å². The summed E-state index contributed by atoms with van der Waals surface area (Å²) < 4.78 is 9.07. The zero-order chi connectivity index (χ0) is 19.5. The Bertz CT molecular complexity index is 1080. The van der Waals surface area contributed by atoms with E-state index in [1.54, 1.807) is 23.0 Å². The second-order valence-corrected chi connectivity index (χ2v) is 6.58. The second kappa shape index (κ2) is 7.52. The average Bonchev–Trinajstić information content (AvgIpc) is 3.36. The van der Waals surface area contributed by atoms with E-state index in [0.717, 1.165) is 28.3 Å². The van der Waals surface area contributed by atoms with Crippen LogP contribution in [0.1, 0.15) is 27.3 Å². The van der Waals surface area contributed by atoms with Crippen LogP contribution in [0.5, 0.6) is 0 Å². The summed E-state index contributed by atoms with van der Waals surface area (Å²) in [5.41, 5.74) is 5.31. The van der Waals surface area contributed by atoms with Gasteiger partial charge in [-0.1, -0.05) is 12.1 Å². The second-order valence-electron chi connectivity index (χ2n) is 6.58. The molecule has 0 aliphatic rings. The molecular formula is C22H20N4O2. The number of nitrogens with zero attached hydrogens (tertiary/aromatic N) is 4. The van der Waals surface area contributed by atoms with Crippen LogP contribution < -0.4 is 0 Å². The normalized spacial score (nSPS) is 10.8. The highest BCUT2D eigenvalue weighted by Crippen LogP contribution is 2.15. The Labute approximate surface area is 163 Å². The molecule has 0 amide bonds. The molecule has 0 spiro atoms. The summed E-state index contributed by atoms with van der Waals surface area (Å²) in [6.07, 6.45) is 3.61. The molecule has 2 aromatic heterocycles. The number of aryl methyl sites for hydroxylation is 2. The third-order valence-corrected chi connectivity index (χ3v) is 4.43. The fraction of sp³-hybridized carbons (Fsp3) is 0.136. The number of carbonyl (C=O) groups excluding carboxylic acids is 1. The first-order chi connectivity index (χ1) is 13.6. The van der Waals surface area contributed by atoms with Gasteiger partial charge in [-0.3, -0.25) is 0 Å². The van der Waals surface area contributed by atoms with E-state index in [-0.39, 0.29) is 12.6 Å². The zero-order valence-electron chi connectivity index (χ0n) is 15.7. The molecule has 0 fully saturated rings. The lowest BCUT2D eigenvalue weighted by atomic mass is 10.2. The molecule has 0 aliphatic heterocycles. The molecule has 6 heteroatoms. The number of ether oxygens (including phenoxy) is 1. The van der Waals surface area contributed by atoms with E-state index in [1.165, 1.54) is 0 Å². The molecule has 2 aromatic carbocycles. The van der Waals surface area contributed by atoms with Gasteiger partial charge in [0.05, 0.1) is 22.6 Å². The molecule has 140 valence electrons. The van der Waals surface area contributed by atoms with Gasteiger partial charge >= 0.3 is 5.97 Å². The van der Waals surface area contributed by atoms with Crippen molar-refractivity contribution in [1.82, 2.24) is 19.6 Å². The number of aromatic nitrogens is 4. The summed E-state index contributed by atoms with van der Waals surface area (Å²) in [6, 6.07) is 18.9. The Kier molecular flexibility index (Phi) is 4.76. The maximum atomic E-state index is 12.3. The first-order valence-electron chi connectivity index (χ1n) is 9.00. The van der Waals surface area contributed by atoms with Gasteiger partial charge in [-0.05, 0) is 67.9 Å². The lowest BCUT2D eigenvalue weighted by molar-refractivity contribution is 0.0472. The van der Waals surface area contributed by atoms with E-state index in [4.69, 9.17) is 4.74 Å². The summed E-state index contributed by atoms with van der Waals surface area (Å²) in [6.45, 7) is 4.17. The summed E-state index contributed by atoms with van der Waals surface area (Å²) >= 11 is 0. The third-order valence-electron chi connectivity index (χ3n) is 4.43. The number of esters is 1. The minimum absolute atomic E-state index is 0.220. The van der Waals surface area contributed by atoms with Crippen LogP contribution in [0.4, 0.5) is 0 Å². The lowest BCUT2D eigenvalue weighted by Gasteiger charge is -2.08. The topological polar surface area (TPSA) is 61.9 Å². The maximum Gasteiger partial charge on any atom is 0.338 e. The molecule has 0 atom stereocenters. The van der Waals surface area contributed by atoms with Crippen molar-refractivity contribution < 1.29 is 9.53 Å². The summed E-state index contributed by atoms with van der Waals surface area (Å²) in [5.74, 6) is -0.351. The maximum absolute atomic E-state index is 12.3. The molecule has 0 radical (unpaired) electrons. The largest absolute Gasteiger partial charge is 0.457 e. The molecule has 2 heterocycles. The van der Waals surface area contributed by atoms with Crippen molar-refractivity contribution in [2.75, 3.05) is 0 Å². The van der Waals surface area contributed by atoms with E-state index in [9.17, 15) is 4.79 Å². The standard InChI is InChI=1S/C22H20N4O2/c1-16-14-17(2)26(24-16)21-10-6-19(7-11-21)22(27)28-15-18-4-8-20(9-5-18)25-13-3-12-23-25/h3-14H,15H2,1-2H3. The van der Waals surface area contributed by atoms with Gasteiger partial charge in [0.1, 0.15) is 6.61 Å². The lowest BCUT2D eigenvalue weighted by Crippen LogP contribution is -2.06. The first kappa shape index (κ1) is 17.7. The van der Waals surface area contributed by atoms with Crippen molar-refractivity contribution in [3.63, 3.8) is 0 Å². The highest BCUT2D eigenvalue weighted by Gasteiger charge is 2.09. The van der Waals surface area contributed by atoms with Gasteiger partial charge in [-0.2, -0.15) is 10.2 Å². The third kappa shape index (κ3) is 3.71. The van der Waals surface area contributed by atoms with E-state index in [1.807, 2.05) is 73.3 Å². The van der Waals surface area contributed by atoms with E-state index in [0.29, 0.717) is 5.56 Å². The fourth-order valence-electron chi connectivity index (χ4n) is 3.03. The van der Waals surface area contributed by atoms with Gasteiger partial charge in [0.25, 0.3) is 0 Å². The monoisotopic (exact) mass is 372 g/mol. The molecule has 0 unspecified atom stereocenters. The van der Waals surface area contributed by atoms with Crippen LogP contribution in [0.25, 0.3) is 11.4 Å². The molecule has 0 bridgehead atoms. The predicted octanol–water partition coefficient (Wildman–Crippen LogP) is 4.03. The molecule has 0 aliphatic carbocycles. The van der Waals surface area contributed by atoms with Crippen LogP contribution in [0.3, 0.4) is 0 Å². The molecule has 0 saturated heterocycles. The molecular weight excluding hydrogens is 352 g/mol. The first-order valence-corrected chi connectivity index (χ1v) is 9.00. The predicted molar refractivity (Wildman–Crippen MR) is 106 cm³/mol. The molecule has 4 rings (SSSR count). The number of benzene rings is 2. The Balaban J connectivity index is 1.39.